The van der Waals surface area contributed by atoms with Crippen LogP contribution in [0.3, 0.4) is 0 Å². The second-order valence-corrected chi connectivity index (χ2v) is 6.02. The molecule has 20 heavy (non-hydrogen) atoms. The Labute approximate surface area is 129 Å². The summed E-state index contributed by atoms with van der Waals surface area (Å²) in [5, 5.41) is 1.14. The highest BCUT2D eigenvalue weighted by Crippen LogP contribution is 2.22. The smallest absolute Gasteiger partial charge is 0.239 e. The van der Waals surface area contributed by atoms with E-state index in [4.69, 9.17) is 28.9 Å². The fourth-order valence-corrected chi connectivity index (χ4v) is 2.76. The lowest BCUT2D eigenvalue weighted by Gasteiger charge is -2.34. The average Bonchev–Trinajstić information content (AvgIpc) is 2.42. The van der Waals surface area contributed by atoms with E-state index in [1.807, 2.05) is 11.0 Å². The molecule has 1 amide bonds. The zero-order valence-electron chi connectivity index (χ0n) is 11.5. The third-order valence-corrected chi connectivity index (χ3v) is 4.17. The predicted octanol–water partition coefficient (Wildman–Crippen LogP) is 1.64. The molecule has 0 aliphatic carbocycles. The van der Waals surface area contributed by atoms with Crippen molar-refractivity contribution < 1.29 is 4.79 Å². The molecule has 0 aromatic heterocycles. The van der Waals surface area contributed by atoms with Gasteiger partial charge < -0.3 is 15.5 Å². The van der Waals surface area contributed by atoms with Crippen molar-refractivity contribution in [3.8, 4) is 0 Å². The molecule has 6 heteroatoms. The molecule has 1 saturated heterocycles. The van der Waals surface area contributed by atoms with Crippen molar-refractivity contribution in [2.24, 2.45) is 5.73 Å². The van der Waals surface area contributed by atoms with Crippen molar-refractivity contribution in [1.82, 2.24) is 9.80 Å². The molecule has 1 atom stereocenters. The van der Waals surface area contributed by atoms with Gasteiger partial charge in [-0.2, -0.15) is 0 Å². The van der Waals surface area contributed by atoms with Gasteiger partial charge in [-0.15, -0.1) is 0 Å². The van der Waals surface area contributed by atoms with Gasteiger partial charge in [-0.25, -0.2) is 0 Å². The average molecular weight is 316 g/mol. The van der Waals surface area contributed by atoms with Gasteiger partial charge in [0.05, 0.1) is 6.04 Å². The zero-order chi connectivity index (χ0) is 14.7. The summed E-state index contributed by atoms with van der Waals surface area (Å²) < 4.78 is 0. The van der Waals surface area contributed by atoms with E-state index < -0.39 is 6.04 Å². The molecule has 1 aromatic carbocycles. The van der Waals surface area contributed by atoms with E-state index in [9.17, 15) is 4.79 Å². The number of rotatable bonds is 3. The maximum Gasteiger partial charge on any atom is 0.239 e. The second kappa shape index (κ2) is 6.76. The van der Waals surface area contributed by atoms with E-state index >= 15 is 0 Å². The van der Waals surface area contributed by atoms with E-state index in [0.29, 0.717) is 16.5 Å². The largest absolute Gasteiger partial charge is 0.339 e. The number of hydrogen-bond donors (Lipinski definition) is 1. The van der Waals surface area contributed by atoms with Crippen LogP contribution in [-0.4, -0.2) is 55.0 Å². The van der Waals surface area contributed by atoms with Crippen molar-refractivity contribution in [1.29, 1.82) is 0 Å². The Hall–Kier alpha value is -0.810. The topological polar surface area (TPSA) is 49.6 Å². The number of halogens is 2. The predicted molar refractivity (Wildman–Crippen MR) is 82.2 cm³/mol. The minimum Gasteiger partial charge on any atom is -0.339 e. The quantitative estimate of drug-likeness (QED) is 0.922. The molecule has 1 heterocycles. The molecule has 1 aliphatic rings. The normalized spacial score (nSPS) is 18.1. The van der Waals surface area contributed by atoms with E-state index in [2.05, 4.69) is 11.9 Å². The number of piperazine rings is 1. The van der Waals surface area contributed by atoms with Crippen LogP contribution in [0.4, 0.5) is 0 Å². The standard InChI is InChI=1S/C14H19Cl2N3O/c1-18-4-6-19(7-5-18)14(20)13(17)8-10-2-3-11(15)9-12(10)16/h2-3,9,13H,4-8,17H2,1H3. The minimum absolute atomic E-state index is 0.0101. The Morgan fingerprint density at radius 2 is 1.95 bits per heavy atom. The lowest BCUT2D eigenvalue weighted by atomic mass is 10.1. The summed E-state index contributed by atoms with van der Waals surface area (Å²) in [6, 6.07) is 4.69. The van der Waals surface area contributed by atoms with Gasteiger partial charge in [-0.3, -0.25) is 4.79 Å². The number of amides is 1. The third-order valence-electron chi connectivity index (χ3n) is 3.59. The minimum atomic E-state index is -0.558. The van der Waals surface area contributed by atoms with Crippen LogP contribution in [0.25, 0.3) is 0 Å². The van der Waals surface area contributed by atoms with E-state index in [1.165, 1.54) is 0 Å². The first-order valence-electron chi connectivity index (χ1n) is 6.64. The molecule has 2 rings (SSSR count). The maximum absolute atomic E-state index is 12.3. The monoisotopic (exact) mass is 315 g/mol. The molecular weight excluding hydrogens is 297 g/mol. The zero-order valence-corrected chi connectivity index (χ0v) is 13.0. The van der Waals surface area contributed by atoms with Gasteiger partial charge in [-0.05, 0) is 31.2 Å². The van der Waals surface area contributed by atoms with E-state index in [-0.39, 0.29) is 5.91 Å². The Morgan fingerprint density at radius 3 is 2.55 bits per heavy atom. The first-order valence-corrected chi connectivity index (χ1v) is 7.40. The Bertz CT molecular complexity index is 487. The summed E-state index contributed by atoms with van der Waals surface area (Å²) in [7, 11) is 2.05. The molecular formula is C14H19Cl2N3O. The molecule has 1 aliphatic heterocycles. The number of nitrogens with two attached hydrogens (primary N) is 1. The van der Waals surface area contributed by atoms with Crippen LogP contribution < -0.4 is 5.73 Å². The lowest BCUT2D eigenvalue weighted by Crippen LogP contribution is -2.52. The third kappa shape index (κ3) is 3.85. The molecule has 2 N–H and O–H groups in total. The first-order chi connectivity index (χ1) is 9.47. The summed E-state index contributed by atoms with van der Waals surface area (Å²) in [5.41, 5.74) is 6.88. The second-order valence-electron chi connectivity index (χ2n) is 5.17. The van der Waals surface area contributed by atoms with Crippen LogP contribution in [0, 0.1) is 0 Å². The maximum atomic E-state index is 12.3. The Kier molecular flexibility index (Phi) is 5.27. The van der Waals surface area contributed by atoms with Gasteiger partial charge in [0, 0.05) is 36.2 Å². The molecule has 110 valence electrons. The summed E-state index contributed by atoms with van der Waals surface area (Å²) in [4.78, 5) is 16.3. The highest BCUT2D eigenvalue weighted by Gasteiger charge is 2.24. The molecule has 0 saturated carbocycles. The van der Waals surface area contributed by atoms with Gasteiger partial charge in [0.1, 0.15) is 0 Å². The molecule has 4 nitrogen and oxygen atoms in total. The Morgan fingerprint density at radius 1 is 1.30 bits per heavy atom. The number of carbonyl (C=O) groups excluding carboxylic acids is 1. The van der Waals surface area contributed by atoms with Crippen LogP contribution >= 0.6 is 23.2 Å². The van der Waals surface area contributed by atoms with Crippen molar-refractivity contribution in [3.63, 3.8) is 0 Å². The van der Waals surface area contributed by atoms with Crippen molar-refractivity contribution in [3.05, 3.63) is 33.8 Å². The molecule has 0 bridgehead atoms. The number of benzene rings is 1. The van der Waals surface area contributed by atoms with Crippen molar-refractivity contribution >= 4 is 29.1 Å². The molecule has 0 spiro atoms. The fraction of sp³-hybridized carbons (Fsp3) is 0.500. The van der Waals surface area contributed by atoms with Gasteiger partial charge in [0.25, 0.3) is 0 Å². The van der Waals surface area contributed by atoms with Crippen LogP contribution in [0.2, 0.25) is 10.0 Å². The van der Waals surface area contributed by atoms with Crippen molar-refractivity contribution in [2.45, 2.75) is 12.5 Å². The lowest BCUT2D eigenvalue weighted by molar-refractivity contribution is -0.134. The van der Waals surface area contributed by atoms with Gasteiger partial charge >= 0.3 is 0 Å². The molecule has 0 radical (unpaired) electrons. The van der Waals surface area contributed by atoms with Crippen molar-refractivity contribution in [2.75, 3.05) is 33.2 Å². The van der Waals surface area contributed by atoms with Crippen LogP contribution in [0.15, 0.2) is 18.2 Å². The number of carbonyl (C=O) groups is 1. The van der Waals surface area contributed by atoms with Gasteiger partial charge in [-0.1, -0.05) is 29.3 Å². The van der Waals surface area contributed by atoms with Crippen LogP contribution in [0.1, 0.15) is 5.56 Å². The van der Waals surface area contributed by atoms with E-state index in [1.54, 1.807) is 12.1 Å². The molecule has 1 aromatic rings. The highest BCUT2D eigenvalue weighted by molar-refractivity contribution is 6.35. The fourth-order valence-electron chi connectivity index (χ4n) is 2.27. The summed E-state index contributed by atoms with van der Waals surface area (Å²) in [5.74, 6) is -0.0101. The SMILES string of the molecule is CN1CCN(C(=O)C(N)Cc2ccc(Cl)cc2Cl)CC1. The first kappa shape index (κ1) is 15.6. The summed E-state index contributed by atoms with van der Waals surface area (Å²) in [6.45, 7) is 3.25. The number of nitrogens with zero attached hydrogens (tertiary/aromatic N) is 2. The highest BCUT2D eigenvalue weighted by atomic mass is 35.5. The van der Waals surface area contributed by atoms with Crippen LogP contribution in [-0.2, 0) is 11.2 Å². The van der Waals surface area contributed by atoms with Crippen LogP contribution in [0.5, 0.6) is 0 Å². The Balaban J connectivity index is 1.97. The summed E-state index contributed by atoms with van der Waals surface area (Å²) in [6.07, 6.45) is 0.432. The van der Waals surface area contributed by atoms with E-state index in [0.717, 1.165) is 31.7 Å². The number of likely N-dealkylation sites (N-methyl/N-ethyl adjacent to an activating group) is 1. The van der Waals surface area contributed by atoms with Gasteiger partial charge in [0.2, 0.25) is 5.91 Å². The molecule has 1 unspecified atom stereocenters. The summed E-state index contributed by atoms with van der Waals surface area (Å²) >= 11 is 12.0. The van der Waals surface area contributed by atoms with Gasteiger partial charge in [0.15, 0.2) is 0 Å². The molecule has 1 fully saturated rings. The number of hydrogen-bond acceptors (Lipinski definition) is 3.